The van der Waals surface area contributed by atoms with Gasteiger partial charge in [-0.2, -0.15) is 0 Å². The van der Waals surface area contributed by atoms with Crippen molar-refractivity contribution in [1.82, 2.24) is 0 Å². The van der Waals surface area contributed by atoms with Crippen LogP contribution in [0.15, 0.2) is 11.6 Å². The number of hydrogen-bond acceptors (Lipinski definition) is 4. The summed E-state index contributed by atoms with van der Waals surface area (Å²) in [5, 5.41) is 33.5. The van der Waals surface area contributed by atoms with Gasteiger partial charge >= 0.3 is 0 Å². The molecular formula is C30H52O4. The lowest BCUT2D eigenvalue weighted by atomic mass is 9.55. The van der Waals surface area contributed by atoms with Crippen LogP contribution in [0.2, 0.25) is 0 Å². The van der Waals surface area contributed by atoms with E-state index >= 15 is 0 Å². The second-order valence-electron chi connectivity index (χ2n) is 14.5. The lowest BCUT2D eigenvalue weighted by Gasteiger charge is -2.54. The summed E-state index contributed by atoms with van der Waals surface area (Å²) in [6.45, 7) is 17.6. The molecule has 0 aromatic heterocycles. The monoisotopic (exact) mass is 476 g/mol. The van der Waals surface area contributed by atoms with Crippen molar-refractivity contribution in [3.63, 3.8) is 0 Å². The van der Waals surface area contributed by atoms with Crippen LogP contribution in [-0.2, 0) is 4.74 Å². The summed E-state index contributed by atoms with van der Waals surface area (Å²) in [5.74, 6) is 1.44. The fourth-order valence-electron chi connectivity index (χ4n) is 9.08. The first kappa shape index (κ1) is 26.6. The van der Waals surface area contributed by atoms with Gasteiger partial charge in [-0.3, -0.25) is 0 Å². The molecule has 0 bridgehead atoms. The zero-order valence-electron chi connectivity index (χ0n) is 23.2. The molecule has 0 unspecified atom stereocenters. The molecule has 0 aromatic carbocycles. The third kappa shape index (κ3) is 4.33. The molecule has 0 radical (unpaired) electrons. The second kappa shape index (κ2) is 8.57. The topological polar surface area (TPSA) is 69.9 Å². The third-order valence-corrected chi connectivity index (χ3v) is 11.5. The van der Waals surface area contributed by atoms with Crippen molar-refractivity contribution < 1.29 is 20.1 Å². The highest BCUT2D eigenvalue weighted by Gasteiger charge is 2.57. The predicted octanol–water partition coefficient (Wildman–Crippen LogP) is 6.02. The second-order valence-corrected chi connectivity index (χ2v) is 14.5. The number of hydrogen-bond donors (Lipinski definition) is 3. The van der Waals surface area contributed by atoms with Crippen LogP contribution in [-0.4, -0.2) is 44.3 Å². The van der Waals surface area contributed by atoms with E-state index in [1.165, 1.54) is 5.57 Å². The standard InChI is InChI=1S/C30H52O4/c1-19-9-10-22-21(13-17-29(22,7)32)26(2,3)20(19)11-12-23-28(6)16-14-24(31)27(4,5)34-25(28)15-18-30(23,8)33/h9,20-25,31-33H,10-18H2,1-8H3/t20-,21+,22+,23+,24+,25+,28+,29+,30+/m0/s1. The van der Waals surface area contributed by atoms with Crippen molar-refractivity contribution in [1.29, 1.82) is 0 Å². The van der Waals surface area contributed by atoms with Crippen molar-refractivity contribution in [2.75, 3.05) is 0 Å². The van der Waals surface area contributed by atoms with Gasteiger partial charge in [-0.05, 0) is 127 Å². The average molecular weight is 477 g/mol. The molecule has 196 valence electrons. The summed E-state index contributed by atoms with van der Waals surface area (Å²) >= 11 is 0. The normalized spacial score (nSPS) is 50.5. The summed E-state index contributed by atoms with van der Waals surface area (Å²) in [4.78, 5) is 0. The molecule has 3 N–H and O–H groups in total. The van der Waals surface area contributed by atoms with E-state index in [9.17, 15) is 15.3 Å². The van der Waals surface area contributed by atoms with Gasteiger partial charge in [-0.1, -0.05) is 32.4 Å². The third-order valence-electron chi connectivity index (χ3n) is 11.5. The number of ether oxygens (including phenoxy) is 1. The molecule has 4 nitrogen and oxygen atoms in total. The lowest BCUT2D eigenvalue weighted by Crippen LogP contribution is -2.56. The van der Waals surface area contributed by atoms with E-state index in [4.69, 9.17) is 4.74 Å². The molecule has 0 aromatic rings. The number of allylic oxidation sites excluding steroid dienone is 2. The maximum atomic E-state index is 11.7. The molecule has 0 spiro atoms. The Hall–Kier alpha value is -0.420. The maximum Gasteiger partial charge on any atom is 0.0888 e. The van der Waals surface area contributed by atoms with Crippen molar-refractivity contribution in [3.8, 4) is 0 Å². The van der Waals surface area contributed by atoms with Gasteiger partial charge in [0.25, 0.3) is 0 Å². The average Bonchev–Trinajstić information content (AvgIpc) is 2.93. The summed E-state index contributed by atoms with van der Waals surface area (Å²) in [7, 11) is 0. The first-order valence-corrected chi connectivity index (χ1v) is 14.0. The molecule has 34 heavy (non-hydrogen) atoms. The Morgan fingerprint density at radius 3 is 2.18 bits per heavy atom. The maximum absolute atomic E-state index is 11.7. The Kier molecular flexibility index (Phi) is 6.71. The van der Waals surface area contributed by atoms with E-state index in [-0.39, 0.29) is 22.9 Å². The summed E-state index contributed by atoms with van der Waals surface area (Å²) < 4.78 is 6.59. The summed E-state index contributed by atoms with van der Waals surface area (Å²) in [6.07, 6.45) is 10.2. The Balaban J connectivity index is 1.59. The quantitative estimate of drug-likeness (QED) is 0.436. The fraction of sp³-hybridized carbons (Fsp3) is 0.933. The zero-order chi connectivity index (χ0) is 25.3. The van der Waals surface area contributed by atoms with Crippen LogP contribution in [0.3, 0.4) is 0 Å². The van der Waals surface area contributed by atoms with Gasteiger partial charge in [0.1, 0.15) is 0 Å². The molecule has 1 heterocycles. The van der Waals surface area contributed by atoms with Crippen LogP contribution >= 0.6 is 0 Å². The molecular weight excluding hydrogens is 424 g/mol. The largest absolute Gasteiger partial charge is 0.390 e. The smallest absolute Gasteiger partial charge is 0.0888 e. The van der Waals surface area contributed by atoms with Gasteiger partial charge in [-0.15, -0.1) is 0 Å². The van der Waals surface area contributed by atoms with Gasteiger partial charge < -0.3 is 20.1 Å². The Morgan fingerprint density at radius 2 is 1.50 bits per heavy atom. The van der Waals surface area contributed by atoms with Crippen molar-refractivity contribution >= 4 is 0 Å². The van der Waals surface area contributed by atoms with E-state index in [0.29, 0.717) is 17.8 Å². The first-order valence-electron chi connectivity index (χ1n) is 14.0. The SMILES string of the molecule is CC1=CC[C@@H]2[C@@H](CC[C@@]2(C)O)C(C)(C)[C@H]1CC[C@@H]1[C@@]2(C)CC[C@@H](O)C(C)(C)O[C@@H]2CC[C@@]1(C)O. The molecule has 9 atom stereocenters. The molecule has 4 heteroatoms. The number of rotatable bonds is 3. The molecule has 1 aliphatic heterocycles. The Bertz CT molecular complexity index is 794. The minimum Gasteiger partial charge on any atom is -0.390 e. The van der Waals surface area contributed by atoms with Gasteiger partial charge in [0.15, 0.2) is 0 Å². The molecule has 0 amide bonds. The molecule has 4 aliphatic rings. The molecule has 4 rings (SSSR count). The molecule has 3 aliphatic carbocycles. The number of aliphatic hydroxyl groups is 3. The van der Waals surface area contributed by atoms with Crippen molar-refractivity contribution in [2.45, 2.75) is 142 Å². The highest BCUT2D eigenvalue weighted by molar-refractivity contribution is 5.17. The van der Waals surface area contributed by atoms with Gasteiger partial charge in [0, 0.05) is 0 Å². The molecule has 1 saturated heterocycles. The van der Waals surface area contributed by atoms with Crippen molar-refractivity contribution in [2.24, 2.45) is 34.5 Å². The highest BCUT2D eigenvalue weighted by atomic mass is 16.5. The fourth-order valence-corrected chi connectivity index (χ4v) is 9.08. The van der Waals surface area contributed by atoms with Crippen molar-refractivity contribution in [3.05, 3.63) is 11.6 Å². The lowest BCUT2D eigenvalue weighted by molar-refractivity contribution is -0.206. The van der Waals surface area contributed by atoms with Gasteiger partial charge in [0.05, 0.1) is 29.0 Å². The van der Waals surface area contributed by atoms with Gasteiger partial charge in [-0.25, -0.2) is 0 Å². The Morgan fingerprint density at radius 1 is 0.853 bits per heavy atom. The van der Waals surface area contributed by atoms with Crippen LogP contribution in [0.4, 0.5) is 0 Å². The number of aliphatic hydroxyl groups excluding tert-OH is 1. The van der Waals surface area contributed by atoms with Crippen LogP contribution in [0.1, 0.15) is 113 Å². The highest BCUT2D eigenvalue weighted by Crippen LogP contribution is 2.59. The van der Waals surface area contributed by atoms with Crippen LogP contribution in [0.5, 0.6) is 0 Å². The minimum absolute atomic E-state index is 0.0676. The van der Waals surface area contributed by atoms with E-state index < -0.39 is 22.9 Å². The van der Waals surface area contributed by atoms with E-state index in [0.717, 1.165) is 57.8 Å². The van der Waals surface area contributed by atoms with Gasteiger partial charge in [0.2, 0.25) is 0 Å². The minimum atomic E-state index is -0.722. The van der Waals surface area contributed by atoms with Crippen LogP contribution < -0.4 is 0 Å². The van der Waals surface area contributed by atoms with Crippen LogP contribution in [0, 0.1) is 34.5 Å². The molecule has 2 saturated carbocycles. The number of fused-ring (bicyclic) bond motifs is 2. The Labute approximate surface area is 208 Å². The summed E-state index contributed by atoms with van der Waals surface area (Å²) in [6, 6.07) is 0. The van der Waals surface area contributed by atoms with E-state index in [1.54, 1.807) is 0 Å². The first-order chi connectivity index (χ1) is 15.5. The van der Waals surface area contributed by atoms with E-state index in [1.807, 2.05) is 27.7 Å². The predicted molar refractivity (Wildman–Crippen MR) is 137 cm³/mol. The molecule has 3 fully saturated rings. The van der Waals surface area contributed by atoms with Crippen LogP contribution in [0.25, 0.3) is 0 Å². The zero-order valence-corrected chi connectivity index (χ0v) is 23.2. The summed E-state index contributed by atoms with van der Waals surface area (Å²) in [5.41, 5.74) is -0.412. The van der Waals surface area contributed by atoms with E-state index in [2.05, 4.69) is 33.8 Å².